The van der Waals surface area contributed by atoms with Crippen LogP contribution in [-0.2, 0) is 26.2 Å². The second-order valence-corrected chi connectivity index (χ2v) is 11.5. The number of carbonyl (C=O) groups excluding carboxylic acids is 2. The number of sulfonamides is 1. The van der Waals surface area contributed by atoms with Crippen molar-refractivity contribution >= 4 is 50.7 Å². The van der Waals surface area contributed by atoms with Crippen LogP contribution in [0.1, 0.15) is 49.8 Å². The fourth-order valence-electron chi connectivity index (χ4n) is 4.16. The Kier molecular flexibility index (Phi) is 11.1. The van der Waals surface area contributed by atoms with Crippen LogP contribution in [-0.4, -0.2) is 50.5 Å². The Morgan fingerprint density at radius 3 is 2.11 bits per heavy atom. The molecule has 0 aromatic heterocycles. The number of benzene rings is 2. The maximum Gasteiger partial charge on any atom is 0.242 e. The molecular formula is C26H35Cl2N3O4S. The Morgan fingerprint density at radius 2 is 1.61 bits per heavy atom. The maximum absolute atomic E-state index is 13.4. The summed E-state index contributed by atoms with van der Waals surface area (Å²) in [4.78, 5) is 27.7. The third-order valence-electron chi connectivity index (χ3n) is 5.77. The number of rotatable bonds is 12. The van der Waals surface area contributed by atoms with Crippen LogP contribution >= 0.6 is 23.2 Å². The van der Waals surface area contributed by atoms with Gasteiger partial charge < -0.3 is 10.2 Å². The summed E-state index contributed by atoms with van der Waals surface area (Å²) in [6.07, 6.45) is 1.88. The zero-order valence-corrected chi connectivity index (χ0v) is 23.8. The van der Waals surface area contributed by atoms with Gasteiger partial charge in [-0.05, 0) is 69.0 Å². The monoisotopic (exact) mass is 555 g/mol. The van der Waals surface area contributed by atoms with Crippen LogP contribution < -0.4 is 9.62 Å². The lowest BCUT2D eigenvalue weighted by Crippen LogP contribution is -2.49. The highest BCUT2D eigenvalue weighted by atomic mass is 35.5. The van der Waals surface area contributed by atoms with Gasteiger partial charge in [-0.25, -0.2) is 8.42 Å². The molecule has 2 aromatic rings. The number of hydrogen-bond donors (Lipinski definition) is 1. The second kappa shape index (κ2) is 13.3. The van der Waals surface area contributed by atoms with Crippen molar-refractivity contribution in [2.45, 2.75) is 59.5 Å². The van der Waals surface area contributed by atoms with Crippen molar-refractivity contribution in [3.8, 4) is 0 Å². The van der Waals surface area contributed by atoms with Gasteiger partial charge in [-0.2, -0.15) is 0 Å². The number of halogens is 2. The molecule has 0 spiro atoms. The molecule has 10 heteroatoms. The van der Waals surface area contributed by atoms with E-state index < -0.39 is 16.1 Å². The Labute approximate surface area is 224 Å². The number of likely N-dealkylation sites (N-methyl/N-ethyl adjacent to an activating group) is 1. The summed E-state index contributed by atoms with van der Waals surface area (Å²) in [5.41, 5.74) is 3.02. The van der Waals surface area contributed by atoms with E-state index in [0.29, 0.717) is 34.3 Å². The Morgan fingerprint density at radius 1 is 1.03 bits per heavy atom. The first-order chi connectivity index (χ1) is 16.9. The van der Waals surface area contributed by atoms with Crippen molar-refractivity contribution in [1.82, 2.24) is 10.2 Å². The number of amides is 2. The van der Waals surface area contributed by atoms with E-state index in [4.69, 9.17) is 23.2 Å². The molecular weight excluding hydrogens is 521 g/mol. The number of aryl methyl sites for hydroxylation is 2. The smallest absolute Gasteiger partial charge is 0.242 e. The number of carbonyl (C=O) groups is 2. The first-order valence-electron chi connectivity index (χ1n) is 11.9. The third-order valence-corrected chi connectivity index (χ3v) is 7.68. The van der Waals surface area contributed by atoms with Gasteiger partial charge in [-0.3, -0.25) is 13.9 Å². The largest absolute Gasteiger partial charge is 0.355 e. The lowest BCUT2D eigenvalue weighted by atomic mass is 10.1. The predicted molar refractivity (Wildman–Crippen MR) is 147 cm³/mol. The van der Waals surface area contributed by atoms with Gasteiger partial charge in [0.1, 0.15) is 6.04 Å². The van der Waals surface area contributed by atoms with Crippen molar-refractivity contribution in [2.24, 2.45) is 0 Å². The molecule has 0 aliphatic heterocycles. The molecule has 0 saturated heterocycles. The van der Waals surface area contributed by atoms with Crippen molar-refractivity contribution in [3.63, 3.8) is 0 Å². The van der Waals surface area contributed by atoms with Gasteiger partial charge in [-0.15, -0.1) is 0 Å². The molecule has 1 unspecified atom stereocenters. The van der Waals surface area contributed by atoms with Crippen LogP contribution in [0.15, 0.2) is 36.4 Å². The van der Waals surface area contributed by atoms with Gasteiger partial charge >= 0.3 is 0 Å². The molecule has 0 saturated carbocycles. The highest BCUT2D eigenvalue weighted by Crippen LogP contribution is 2.28. The fraction of sp³-hybridized carbons (Fsp3) is 0.462. The molecule has 0 fully saturated rings. The highest BCUT2D eigenvalue weighted by molar-refractivity contribution is 7.92. The van der Waals surface area contributed by atoms with E-state index >= 15 is 0 Å². The van der Waals surface area contributed by atoms with E-state index in [2.05, 4.69) is 5.32 Å². The summed E-state index contributed by atoms with van der Waals surface area (Å²) >= 11 is 12.7. The fourth-order valence-corrected chi connectivity index (χ4v) is 5.63. The van der Waals surface area contributed by atoms with Crippen LogP contribution in [0.5, 0.6) is 0 Å². The van der Waals surface area contributed by atoms with Crippen LogP contribution in [0.2, 0.25) is 10.0 Å². The first-order valence-corrected chi connectivity index (χ1v) is 14.6. The topological polar surface area (TPSA) is 86.8 Å². The lowest BCUT2D eigenvalue weighted by Gasteiger charge is -2.31. The van der Waals surface area contributed by atoms with Crippen LogP contribution in [0.4, 0.5) is 5.69 Å². The summed E-state index contributed by atoms with van der Waals surface area (Å²) < 4.78 is 26.4. The van der Waals surface area contributed by atoms with Gasteiger partial charge in [0.2, 0.25) is 21.8 Å². The quantitative estimate of drug-likeness (QED) is 0.394. The van der Waals surface area contributed by atoms with Crippen molar-refractivity contribution < 1.29 is 18.0 Å². The Bertz CT molecular complexity index is 1150. The van der Waals surface area contributed by atoms with E-state index in [9.17, 15) is 18.0 Å². The van der Waals surface area contributed by atoms with Crippen molar-refractivity contribution in [3.05, 3.63) is 63.1 Å². The van der Waals surface area contributed by atoms with E-state index in [1.54, 1.807) is 18.2 Å². The zero-order chi connectivity index (χ0) is 27.0. The van der Waals surface area contributed by atoms with E-state index in [1.807, 2.05) is 45.9 Å². The SMILES string of the molecule is CCNC(=O)C(CC)N(Cc1c(Cl)cccc1Cl)C(=O)CCCN(c1cc(C)cc(C)c1)S(C)(=O)=O. The molecule has 0 bridgehead atoms. The van der Waals surface area contributed by atoms with Crippen molar-refractivity contribution in [1.29, 1.82) is 0 Å². The summed E-state index contributed by atoms with van der Waals surface area (Å²) in [7, 11) is -3.56. The van der Waals surface area contributed by atoms with Gasteiger partial charge in [0.15, 0.2) is 0 Å². The van der Waals surface area contributed by atoms with Gasteiger partial charge in [0.05, 0.1) is 11.9 Å². The summed E-state index contributed by atoms with van der Waals surface area (Å²) in [6, 6.07) is 9.97. The predicted octanol–water partition coefficient (Wildman–Crippen LogP) is 5.10. The minimum atomic E-state index is -3.56. The molecule has 1 atom stereocenters. The second-order valence-electron chi connectivity index (χ2n) is 8.83. The number of nitrogens with one attached hydrogen (secondary N) is 1. The molecule has 2 aromatic carbocycles. The van der Waals surface area contributed by atoms with Crippen molar-refractivity contribution in [2.75, 3.05) is 23.7 Å². The maximum atomic E-state index is 13.4. The minimum absolute atomic E-state index is 0.0504. The van der Waals surface area contributed by atoms with Crippen LogP contribution in [0.3, 0.4) is 0 Å². The van der Waals surface area contributed by atoms with Crippen LogP contribution in [0.25, 0.3) is 0 Å². The normalized spacial score (nSPS) is 12.2. The highest BCUT2D eigenvalue weighted by Gasteiger charge is 2.29. The summed E-state index contributed by atoms with van der Waals surface area (Å²) in [6.45, 7) is 8.10. The van der Waals surface area contributed by atoms with Crippen LogP contribution in [0, 0.1) is 13.8 Å². The molecule has 0 aliphatic carbocycles. The molecule has 0 heterocycles. The number of nitrogens with zero attached hydrogens (tertiary/aromatic N) is 2. The first kappa shape index (κ1) is 29.9. The third kappa shape index (κ3) is 8.11. The summed E-state index contributed by atoms with van der Waals surface area (Å²) in [5, 5.41) is 3.60. The van der Waals surface area contributed by atoms with E-state index in [-0.39, 0.29) is 37.7 Å². The molecule has 198 valence electrons. The van der Waals surface area contributed by atoms with Gasteiger partial charge in [0, 0.05) is 41.7 Å². The average Bonchev–Trinajstić information content (AvgIpc) is 2.77. The molecule has 0 aliphatic rings. The standard InChI is InChI=1S/C26H35Cl2N3O4S/c1-6-24(26(33)29-7-2)30(17-21-22(27)10-8-11-23(21)28)25(32)12-9-13-31(36(5,34)35)20-15-18(3)14-19(4)16-20/h8,10-11,14-16,24H,6-7,9,12-13,17H2,1-5H3,(H,29,33). The van der Waals surface area contributed by atoms with E-state index in [0.717, 1.165) is 17.4 Å². The van der Waals surface area contributed by atoms with Gasteiger partial charge in [0.25, 0.3) is 0 Å². The molecule has 0 radical (unpaired) electrons. The van der Waals surface area contributed by atoms with E-state index in [1.165, 1.54) is 9.21 Å². The Balaban J connectivity index is 2.28. The summed E-state index contributed by atoms with van der Waals surface area (Å²) in [5.74, 6) is -0.539. The minimum Gasteiger partial charge on any atom is -0.355 e. The molecule has 7 nitrogen and oxygen atoms in total. The van der Waals surface area contributed by atoms with Gasteiger partial charge in [-0.1, -0.05) is 42.3 Å². The number of hydrogen-bond acceptors (Lipinski definition) is 4. The molecule has 2 rings (SSSR count). The number of anilines is 1. The average molecular weight is 557 g/mol. The lowest BCUT2D eigenvalue weighted by molar-refractivity contribution is -0.141. The molecule has 36 heavy (non-hydrogen) atoms. The molecule has 2 amide bonds. The zero-order valence-electron chi connectivity index (χ0n) is 21.5. The Hall–Kier alpha value is -2.29. The molecule has 1 N–H and O–H groups in total.